The summed E-state index contributed by atoms with van der Waals surface area (Å²) in [6, 6.07) is 1.93. The average molecular weight is 281 g/mol. The Morgan fingerprint density at radius 2 is 2.29 bits per heavy atom. The minimum atomic E-state index is -0.159. The molecule has 0 aliphatic heterocycles. The van der Waals surface area contributed by atoms with Crippen LogP contribution in [0.5, 0.6) is 0 Å². The number of nitrogens with one attached hydrogen (secondary N) is 4. The first-order chi connectivity index (χ1) is 10.3. The van der Waals surface area contributed by atoms with E-state index in [4.69, 9.17) is 0 Å². The van der Waals surface area contributed by atoms with Crippen molar-refractivity contribution >= 4 is 33.7 Å². The quantitative estimate of drug-likeness (QED) is 0.453. The lowest BCUT2D eigenvalue weighted by molar-refractivity contribution is -0.115. The standard InChI is InChI=1S/C13H11N7O/c21-11(18-7-4-16-17-5-7)3-10-19-9-6-15-13-8(1-2-14-13)12(9)20-10/h1-2,4-6H,3H2,(H,14,15)(H,16,17)(H,18,21)(H,19,20). The second-order valence-corrected chi connectivity index (χ2v) is 4.65. The molecule has 1 amide bonds. The SMILES string of the molecule is O=C(Cc1nc2cnc3[nH]ccc3c2[nH]1)Nc1cn[nH]c1. The lowest BCUT2D eigenvalue weighted by Crippen LogP contribution is -2.14. The number of fused-ring (bicyclic) bond motifs is 3. The molecule has 0 atom stereocenters. The number of rotatable bonds is 3. The van der Waals surface area contributed by atoms with Crippen LogP contribution in [-0.4, -0.2) is 36.0 Å². The van der Waals surface area contributed by atoms with Crippen molar-refractivity contribution in [1.82, 2.24) is 30.1 Å². The van der Waals surface area contributed by atoms with Crippen LogP contribution in [0.25, 0.3) is 22.1 Å². The Morgan fingerprint density at radius 1 is 1.33 bits per heavy atom. The van der Waals surface area contributed by atoms with Crippen LogP contribution in [0.1, 0.15) is 5.82 Å². The summed E-state index contributed by atoms with van der Waals surface area (Å²) in [7, 11) is 0. The summed E-state index contributed by atoms with van der Waals surface area (Å²) in [6.45, 7) is 0. The van der Waals surface area contributed by atoms with Crippen LogP contribution in [0.2, 0.25) is 0 Å². The van der Waals surface area contributed by atoms with Crippen LogP contribution in [0.3, 0.4) is 0 Å². The highest BCUT2D eigenvalue weighted by atomic mass is 16.1. The number of carbonyl (C=O) groups is 1. The van der Waals surface area contributed by atoms with E-state index in [9.17, 15) is 4.79 Å². The van der Waals surface area contributed by atoms with Crippen molar-refractivity contribution in [2.45, 2.75) is 6.42 Å². The summed E-state index contributed by atoms with van der Waals surface area (Å²) in [6.07, 6.45) is 6.82. The van der Waals surface area contributed by atoms with Gasteiger partial charge in [0.2, 0.25) is 5.91 Å². The molecule has 4 aromatic rings. The number of amides is 1. The number of nitrogens with zero attached hydrogens (tertiary/aromatic N) is 3. The molecule has 8 nitrogen and oxygen atoms in total. The third kappa shape index (κ3) is 2.02. The normalized spacial score (nSPS) is 11.2. The largest absolute Gasteiger partial charge is 0.346 e. The molecule has 0 aliphatic carbocycles. The molecule has 0 bridgehead atoms. The predicted molar refractivity (Wildman–Crippen MR) is 76.7 cm³/mol. The van der Waals surface area contributed by atoms with Gasteiger partial charge in [-0.3, -0.25) is 9.89 Å². The van der Waals surface area contributed by atoms with Crippen LogP contribution in [0.15, 0.2) is 30.9 Å². The molecule has 0 aliphatic rings. The second kappa shape index (κ2) is 4.44. The van der Waals surface area contributed by atoms with E-state index in [0.717, 1.165) is 22.1 Å². The van der Waals surface area contributed by atoms with Gasteiger partial charge in [0.25, 0.3) is 0 Å². The van der Waals surface area contributed by atoms with E-state index in [2.05, 4.69) is 35.5 Å². The van der Waals surface area contributed by atoms with Gasteiger partial charge < -0.3 is 15.3 Å². The van der Waals surface area contributed by atoms with Crippen molar-refractivity contribution in [2.75, 3.05) is 5.32 Å². The Bertz CT molecular complexity index is 919. The second-order valence-electron chi connectivity index (χ2n) is 4.65. The van der Waals surface area contributed by atoms with Crippen molar-refractivity contribution < 1.29 is 4.79 Å². The van der Waals surface area contributed by atoms with Crippen LogP contribution in [0.4, 0.5) is 5.69 Å². The molecule has 21 heavy (non-hydrogen) atoms. The van der Waals surface area contributed by atoms with Crippen molar-refractivity contribution in [3.05, 3.63) is 36.7 Å². The molecule has 0 radical (unpaired) electrons. The number of hydrogen-bond donors (Lipinski definition) is 4. The van der Waals surface area contributed by atoms with Gasteiger partial charge in [-0.2, -0.15) is 5.10 Å². The summed E-state index contributed by atoms with van der Waals surface area (Å²) < 4.78 is 0. The molecule has 0 fully saturated rings. The Balaban J connectivity index is 1.63. The van der Waals surface area contributed by atoms with E-state index >= 15 is 0 Å². The van der Waals surface area contributed by atoms with Crippen molar-refractivity contribution in [2.24, 2.45) is 0 Å². The molecule has 4 rings (SSSR count). The van der Waals surface area contributed by atoms with Crippen molar-refractivity contribution in [1.29, 1.82) is 0 Å². The summed E-state index contributed by atoms with van der Waals surface area (Å²) in [4.78, 5) is 26.8. The van der Waals surface area contributed by atoms with Gasteiger partial charge in [-0.15, -0.1) is 0 Å². The maximum atomic E-state index is 11.9. The van der Waals surface area contributed by atoms with Crippen molar-refractivity contribution in [3.63, 3.8) is 0 Å². The fourth-order valence-electron chi connectivity index (χ4n) is 2.29. The predicted octanol–water partition coefficient (Wildman–Crippen LogP) is 1.34. The number of carbonyl (C=O) groups excluding carboxylic acids is 1. The van der Waals surface area contributed by atoms with Gasteiger partial charge in [-0.1, -0.05) is 0 Å². The van der Waals surface area contributed by atoms with Crippen LogP contribution in [0, 0.1) is 0 Å². The van der Waals surface area contributed by atoms with Crippen LogP contribution >= 0.6 is 0 Å². The third-order valence-corrected chi connectivity index (χ3v) is 3.20. The fraction of sp³-hybridized carbons (Fsp3) is 0.0769. The lowest BCUT2D eigenvalue weighted by Gasteiger charge is -1.99. The van der Waals surface area contributed by atoms with E-state index in [0.29, 0.717) is 11.5 Å². The molecule has 0 unspecified atom stereocenters. The first-order valence-corrected chi connectivity index (χ1v) is 6.39. The highest BCUT2D eigenvalue weighted by Gasteiger charge is 2.11. The minimum absolute atomic E-state index is 0.159. The monoisotopic (exact) mass is 281 g/mol. The molecule has 0 saturated carbocycles. The summed E-state index contributed by atoms with van der Waals surface area (Å²) >= 11 is 0. The Kier molecular flexibility index (Phi) is 2.46. The fourth-order valence-corrected chi connectivity index (χ4v) is 2.29. The van der Waals surface area contributed by atoms with E-state index in [1.54, 1.807) is 18.6 Å². The van der Waals surface area contributed by atoms with E-state index in [-0.39, 0.29) is 12.3 Å². The first-order valence-electron chi connectivity index (χ1n) is 6.39. The maximum absolute atomic E-state index is 11.9. The van der Waals surface area contributed by atoms with Gasteiger partial charge in [-0.25, -0.2) is 9.97 Å². The van der Waals surface area contributed by atoms with Crippen LogP contribution < -0.4 is 5.32 Å². The van der Waals surface area contributed by atoms with Gasteiger partial charge in [0.05, 0.1) is 30.0 Å². The summed E-state index contributed by atoms with van der Waals surface area (Å²) in [5, 5.41) is 10.1. The highest BCUT2D eigenvalue weighted by molar-refractivity contribution is 6.01. The average Bonchev–Trinajstić information content (AvgIpc) is 3.16. The Hall–Kier alpha value is -3.16. The van der Waals surface area contributed by atoms with Gasteiger partial charge in [0.1, 0.15) is 17.0 Å². The number of hydrogen-bond acceptors (Lipinski definition) is 4. The lowest BCUT2D eigenvalue weighted by atomic mass is 10.3. The molecule has 0 spiro atoms. The summed E-state index contributed by atoms with van der Waals surface area (Å²) in [5.41, 5.74) is 3.05. The summed E-state index contributed by atoms with van der Waals surface area (Å²) in [5.74, 6) is 0.440. The number of aromatic nitrogens is 6. The van der Waals surface area contributed by atoms with E-state index in [1.807, 2.05) is 12.3 Å². The molecule has 4 heterocycles. The Morgan fingerprint density at radius 3 is 3.14 bits per heavy atom. The molecule has 0 saturated heterocycles. The molecule has 0 aromatic carbocycles. The molecule has 4 N–H and O–H groups in total. The smallest absolute Gasteiger partial charge is 0.232 e. The first kappa shape index (κ1) is 11.6. The van der Waals surface area contributed by atoms with Crippen LogP contribution in [-0.2, 0) is 11.2 Å². The van der Waals surface area contributed by atoms with Gasteiger partial charge in [0, 0.05) is 17.8 Å². The number of H-pyrrole nitrogens is 3. The zero-order chi connectivity index (χ0) is 14.2. The topological polar surface area (TPSA) is 115 Å². The zero-order valence-electron chi connectivity index (χ0n) is 10.8. The molecule has 8 heteroatoms. The van der Waals surface area contributed by atoms with Gasteiger partial charge >= 0.3 is 0 Å². The molecular formula is C13H11N7O. The Labute approximate surface area is 118 Å². The third-order valence-electron chi connectivity index (χ3n) is 3.20. The molecule has 4 aromatic heterocycles. The van der Waals surface area contributed by atoms with E-state index < -0.39 is 0 Å². The number of anilines is 1. The van der Waals surface area contributed by atoms with Gasteiger partial charge in [-0.05, 0) is 6.07 Å². The highest BCUT2D eigenvalue weighted by Crippen LogP contribution is 2.20. The maximum Gasteiger partial charge on any atom is 0.232 e. The van der Waals surface area contributed by atoms with E-state index in [1.165, 1.54) is 0 Å². The number of imidazole rings is 1. The molecule has 104 valence electrons. The number of aromatic amines is 3. The minimum Gasteiger partial charge on any atom is -0.346 e. The zero-order valence-corrected chi connectivity index (χ0v) is 10.8. The van der Waals surface area contributed by atoms with Gasteiger partial charge in [0.15, 0.2) is 0 Å². The number of pyridine rings is 1. The molecular weight excluding hydrogens is 270 g/mol. The van der Waals surface area contributed by atoms with Crippen molar-refractivity contribution in [3.8, 4) is 0 Å².